The van der Waals surface area contributed by atoms with E-state index >= 15 is 0 Å². The number of aliphatic hydroxyl groups is 1. The molecule has 4 rings (SSSR count). The molecule has 3 aliphatic rings. The van der Waals surface area contributed by atoms with Gasteiger partial charge in [-0.05, 0) is 41.5 Å². The molecule has 3 saturated heterocycles. The van der Waals surface area contributed by atoms with Gasteiger partial charge in [0.15, 0.2) is 17.4 Å². The van der Waals surface area contributed by atoms with Gasteiger partial charge < -0.3 is 33.5 Å². The SMILES string of the molecule is CC1(C)OC[C@@H](C(O)Cc2cnc([C@H]3OC(C)(C)O[C@@H]3[C@H]3COC(C)(C)O3)cn2)O1. The van der Waals surface area contributed by atoms with Gasteiger partial charge in [0.25, 0.3) is 0 Å². The van der Waals surface area contributed by atoms with E-state index in [1.165, 1.54) is 0 Å². The summed E-state index contributed by atoms with van der Waals surface area (Å²) in [5, 5.41) is 10.5. The van der Waals surface area contributed by atoms with E-state index in [4.69, 9.17) is 28.4 Å². The number of nitrogens with zero attached hydrogens (tertiary/aromatic N) is 2. The lowest BCUT2D eigenvalue weighted by Gasteiger charge is -2.23. The van der Waals surface area contributed by atoms with E-state index in [-0.39, 0.29) is 18.3 Å². The van der Waals surface area contributed by atoms with Crippen molar-refractivity contribution in [2.24, 2.45) is 0 Å². The van der Waals surface area contributed by atoms with E-state index in [1.54, 1.807) is 12.4 Å². The van der Waals surface area contributed by atoms with Crippen molar-refractivity contribution >= 4 is 0 Å². The van der Waals surface area contributed by atoms with Gasteiger partial charge in [-0.25, -0.2) is 0 Å². The third-order valence-corrected chi connectivity index (χ3v) is 5.42. The molecule has 1 aromatic rings. The van der Waals surface area contributed by atoms with Crippen LogP contribution in [-0.2, 0) is 34.8 Å². The molecule has 1 N–H and O–H groups in total. The Kier molecular flexibility index (Phi) is 5.68. The molecule has 168 valence electrons. The number of hydrogen-bond donors (Lipinski definition) is 1. The second-order valence-electron chi connectivity index (χ2n) is 9.46. The number of ether oxygens (including phenoxy) is 6. The van der Waals surface area contributed by atoms with Crippen LogP contribution in [0.15, 0.2) is 12.4 Å². The van der Waals surface area contributed by atoms with Crippen LogP contribution in [0.3, 0.4) is 0 Å². The fourth-order valence-corrected chi connectivity index (χ4v) is 4.03. The molecule has 0 radical (unpaired) electrons. The monoisotopic (exact) mass is 424 g/mol. The lowest BCUT2D eigenvalue weighted by atomic mass is 10.1. The minimum Gasteiger partial charge on any atom is -0.390 e. The van der Waals surface area contributed by atoms with Crippen molar-refractivity contribution in [3.05, 3.63) is 23.8 Å². The Morgan fingerprint density at radius 1 is 0.900 bits per heavy atom. The van der Waals surface area contributed by atoms with Gasteiger partial charge in [0.2, 0.25) is 0 Å². The zero-order valence-electron chi connectivity index (χ0n) is 18.5. The average molecular weight is 424 g/mol. The molecule has 0 saturated carbocycles. The highest BCUT2D eigenvalue weighted by molar-refractivity contribution is 5.11. The molecule has 1 aromatic heterocycles. The first-order valence-electron chi connectivity index (χ1n) is 10.4. The minimum atomic E-state index is -0.769. The average Bonchev–Trinajstić information content (AvgIpc) is 3.29. The summed E-state index contributed by atoms with van der Waals surface area (Å²) >= 11 is 0. The Bertz CT molecular complexity index is 752. The zero-order valence-corrected chi connectivity index (χ0v) is 18.5. The van der Waals surface area contributed by atoms with Gasteiger partial charge in [-0.2, -0.15) is 0 Å². The van der Waals surface area contributed by atoms with Gasteiger partial charge in [-0.3, -0.25) is 9.97 Å². The molecular formula is C21H32N2O7. The lowest BCUT2D eigenvalue weighted by Crippen LogP contribution is -2.35. The molecule has 4 heterocycles. The maximum atomic E-state index is 10.5. The number of rotatable bonds is 5. The maximum Gasteiger partial charge on any atom is 0.164 e. The highest BCUT2D eigenvalue weighted by Gasteiger charge is 2.50. The van der Waals surface area contributed by atoms with Gasteiger partial charge >= 0.3 is 0 Å². The topological polar surface area (TPSA) is 101 Å². The van der Waals surface area contributed by atoms with E-state index < -0.39 is 29.6 Å². The van der Waals surface area contributed by atoms with Gasteiger partial charge in [0.1, 0.15) is 24.4 Å². The molecule has 0 amide bonds. The molecule has 0 aliphatic carbocycles. The summed E-state index contributed by atoms with van der Waals surface area (Å²) in [4.78, 5) is 9.03. The normalized spacial score (nSPS) is 35.6. The first kappa shape index (κ1) is 22.0. The van der Waals surface area contributed by atoms with Crippen molar-refractivity contribution in [1.82, 2.24) is 9.97 Å². The molecule has 9 heteroatoms. The van der Waals surface area contributed by atoms with E-state index in [9.17, 15) is 5.11 Å². The number of aliphatic hydroxyl groups excluding tert-OH is 1. The summed E-state index contributed by atoms with van der Waals surface area (Å²) in [6.07, 6.45) is 1.47. The molecule has 9 nitrogen and oxygen atoms in total. The molecule has 5 atom stereocenters. The highest BCUT2D eigenvalue weighted by atomic mass is 16.8. The Hall–Kier alpha value is -1.20. The van der Waals surface area contributed by atoms with E-state index in [2.05, 4.69) is 9.97 Å². The van der Waals surface area contributed by atoms with E-state index in [1.807, 2.05) is 41.5 Å². The third-order valence-electron chi connectivity index (χ3n) is 5.42. The zero-order chi connectivity index (χ0) is 21.7. The van der Waals surface area contributed by atoms with Gasteiger partial charge in [-0.15, -0.1) is 0 Å². The molecule has 0 spiro atoms. The van der Waals surface area contributed by atoms with Crippen molar-refractivity contribution in [3.63, 3.8) is 0 Å². The van der Waals surface area contributed by atoms with Crippen molar-refractivity contribution in [2.45, 2.75) is 95.8 Å². The van der Waals surface area contributed by atoms with E-state index in [0.717, 1.165) is 0 Å². The summed E-state index contributed by atoms with van der Waals surface area (Å²) in [7, 11) is 0. The second kappa shape index (κ2) is 7.74. The standard InChI is InChI=1S/C21H32N2O7/c1-19(2)25-10-15(27-19)14(24)7-12-8-23-13(9-22-12)17-18(30-21(5,6)29-17)16-11-26-20(3,4)28-16/h8-9,14-18,24H,7,10-11H2,1-6H3/t14?,15-,16+,17+,18+/m0/s1. The Labute approximate surface area is 177 Å². The van der Waals surface area contributed by atoms with Crippen LogP contribution < -0.4 is 0 Å². The molecule has 3 fully saturated rings. The summed E-state index contributed by atoms with van der Waals surface area (Å²) in [6.45, 7) is 11.9. The van der Waals surface area contributed by atoms with Crippen molar-refractivity contribution in [3.8, 4) is 0 Å². The lowest BCUT2D eigenvalue weighted by molar-refractivity contribution is -0.174. The Balaban J connectivity index is 1.43. The Morgan fingerprint density at radius 3 is 2.17 bits per heavy atom. The fourth-order valence-electron chi connectivity index (χ4n) is 4.03. The Morgan fingerprint density at radius 2 is 1.60 bits per heavy atom. The largest absolute Gasteiger partial charge is 0.390 e. The predicted octanol–water partition coefficient (Wildman–Crippen LogP) is 1.88. The summed E-state index contributed by atoms with van der Waals surface area (Å²) in [6, 6.07) is 0. The van der Waals surface area contributed by atoms with Crippen LogP contribution in [0, 0.1) is 0 Å². The van der Waals surface area contributed by atoms with Crippen LogP contribution in [0.1, 0.15) is 59.0 Å². The number of aromatic nitrogens is 2. The summed E-state index contributed by atoms with van der Waals surface area (Å²) in [5.41, 5.74) is 1.31. The number of hydrogen-bond acceptors (Lipinski definition) is 9. The van der Waals surface area contributed by atoms with Gasteiger partial charge in [-0.1, -0.05) is 0 Å². The van der Waals surface area contributed by atoms with Crippen LogP contribution in [-0.4, -0.2) is 70.1 Å². The van der Waals surface area contributed by atoms with Crippen molar-refractivity contribution < 1.29 is 33.5 Å². The molecular weight excluding hydrogens is 392 g/mol. The van der Waals surface area contributed by atoms with Gasteiger partial charge in [0, 0.05) is 12.6 Å². The van der Waals surface area contributed by atoms with Gasteiger partial charge in [0.05, 0.1) is 36.9 Å². The maximum absolute atomic E-state index is 10.5. The second-order valence-corrected chi connectivity index (χ2v) is 9.46. The van der Waals surface area contributed by atoms with Crippen molar-refractivity contribution in [2.75, 3.05) is 13.2 Å². The molecule has 3 aliphatic heterocycles. The van der Waals surface area contributed by atoms with Crippen LogP contribution in [0.25, 0.3) is 0 Å². The third kappa shape index (κ3) is 4.83. The molecule has 0 aromatic carbocycles. The van der Waals surface area contributed by atoms with E-state index in [0.29, 0.717) is 31.0 Å². The fraction of sp³-hybridized carbons (Fsp3) is 0.810. The molecule has 30 heavy (non-hydrogen) atoms. The van der Waals surface area contributed by atoms with Crippen LogP contribution in [0.2, 0.25) is 0 Å². The first-order valence-corrected chi connectivity index (χ1v) is 10.4. The quantitative estimate of drug-likeness (QED) is 0.759. The minimum absolute atomic E-state index is 0.266. The highest BCUT2D eigenvalue weighted by Crippen LogP contribution is 2.42. The first-order chi connectivity index (χ1) is 13.9. The van der Waals surface area contributed by atoms with Crippen LogP contribution >= 0.6 is 0 Å². The smallest absolute Gasteiger partial charge is 0.164 e. The van der Waals surface area contributed by atoms with Crippen LogP contribution in [0.5, 0.6) is 0 Å². The van der Waals surface area contributed by atoms with Crippen LogP contribution in [0.4, 0.5) is 0 Å². The summed E-state index contributed by atoms with van der Waals surface area (Å²) in [5.74, 6) is -2.10. The molecule has 1 unspecified atom stereocenters. The van der Waals surface area contributed by atoms with Crippen molar-refractivity contribution in [1.29, 1.82) is 0 Å². The molecule has 0 bridgehead atoms. The predicted molar refractivity (Wildman–Crippen MR) is 104 cm³/mol. The summed E-state index contributed by atoms with van der Waals surface area (Å²) < 4.78 is 35.1.